The summed E-state index contributed by atoms with van der Waals surface area (Å²) in [6, 6.07) is 4.88. The summed E-state index contributed by atoms with van der Waals surface area (Å²) >= 11 is 3.39. The van der Waals surface area contributed by atoms with E-state index in [1.54, 1.807) is 12.1 Å². The van der Waals surface area contributed by atoms with Gasteiger partial charge in [-0.05, 0) is 40.9 Å². The molecule has 1 aromatic rings. The third kappa shape index (κ3) is 2.58. The fourth-order valence-electron chi connectivity index (χ4n) is 2.11. The Morgan fingerprint density at radius 2 is 2.35 bits per heavy atom. The highest BCUT2D eigenvalue weighted by Crippen LogP contribution is 2.33. The van der Waals surface area contributed by atoms with Crippen molar-refractivity contribution in [3.8, 4) is 0 Å². The number of non-ortho nitro benzene ring substituents is 1. The van der Waals surface area contributed by atoms with Crippen molar-refractivity contribution in [1.29, 1.82) is 0 Å². The first kappa shape index (κ1) is 12.3. The molecule has 0 radical (unpaired) electrons. The standard InChI is InChI=1S/C11H14BrN3O2/c12-10-5-9(15(16)17)1-2-11(10)14-4-3-8(6-13)7-14/h1-2,5,8H,3-4,6-7,13H2. The number of halogens is 1. The number of hydrogen-bond donors (Lipinski definition) is 1. The normalized spacial score (nSPS) is 19.6. The van der Waals surface area contributed by atoms with Gasteiger partial charge in [-0.15, -0.1) is 0 Å². The van der Waals surface area contributed by atoms with Crippen LogP contribution in [0.3, 0.4) is 0 Å². The van der Waals surface area contributed by atoms with E-state index in [2.05, 4.69) is 20.8 Å². The SMILES string of the molecule is NCC1CCN(c2ccc([N+](=O)[O-])cc2Br)C1. The molecule has 1 saturated heterocycles. The van der Waals surface area contributed by atoms with E-state index in [1.807, 2.05) is 0 Å². The Labute approximate surface area is 108 Å². The van der Waals surface area contributed by atoms with Crippen molar-refractivity contribution in [3.63, 3.8) is 0 Å². The molecule has 5 nitrogen and oxygen atoms in total. The van der Waals surface area contributed by atoms with Crippen LogP contribution >= 0.6 is 15.9 Å². The zero-order valence-corrected chi connectivity index (χ0v) is 10.9. The Hall–Kier alpha value is -1.14. The summed E-state index contributed by atoms with van der Waals surface area (Å²) in [6.45, 7) is 2.58. The molecule has 1 aliphatic rings. The second kappa shape index (κ2) is 5.01. The van der Waals surface area contributed by atoms with Crippen LogP contribution in [0.1, 0.15) is 6.42 Å². The molecular formula is C11H14BrN3O2. The first-order chi connectivity index (χ1) is 8.11. The molecule has 1 heterocycles. The Morgan fingerprint density at radius 3 is 2.88 bits per heavy atom. The second-order valence-electron chi connectivity index (χ2n) is 4.23. The van der Waals surface area contributed by atoms with Gasteiger partial charge < -0.3 is 10.6 Å². The summed E-state index contributed by atoms with van der Waals surface area (Å²) in [6.07, 6.45) is 1.08. The number of hydrogen-bond acceptors (Lipinski definition) is 4. The zero-order chi connectivity index (χ0) is 12.4. The zero-order valence-electron chi connectivity index (χ0n) is 9.30. The molecule has 0 amide bonds. The predicted molar refractivity (Wildman–Crippen MR) is 70.2 cm³/mol. The number of nitro groups is 1. The van der Waals surface area contributed by atoms with E-state index in [9.17, 15) is 10.1 Å². The van der Waals surface area contributed by atoms with Gasteiger partial charge in [0, 0.05) is 29.7 Å². The molecule has 1 unspecified atom stereocenters. The average Bonchev–Trinajstić information content (AvgIpc) is 2.77. The van der Waals surface area contributed by atoms with Gasteiger partial charge in [-0.2, -0.15) is 0 Å². The van der Waals surface area contributed by atoms with Crippen LogP contribution in [0.15, 0.2) is 22.7 Å². The highest BCUT2D eigenvalue weighted by atomic mass is 79.9. The molecule has 2 N–H and O–H groups in total. The second-order valence-corrected chi connectivity index (χ2v) is 5.08. The Balaban J connectivity index is 2.20. The molecule has 1 fully saturated rings. The molecule has 1 atom stereocenters. The van der Waals surface area contributed by atoms with Crippen molar-refractivity contribution < 1.29 is 4.92 Å². The fraction of sp³-hybridized carbons (Fsp3) is 0.455. The summed E-state index contributed by atoms with van der Waals surface area (Å²) in [5.41, 5.74) is 6.76. The van der Waals surface area contributed by atoms with Crippen molar-refractivity contribution in [2.45, 2.75) is 6.42 Å². The number of rotatable bonds is 3. The summed E-state index contributed by atoms with van der Waals surface area (Å²) < 4.78 is 0.768. The largest absolute Gasteiger partial charge is 0.370 e. The van der Waals surface area contributed by atoms with Gasteiger partial charge >= 0.3 is 0 Å². The van der Waals surface area contributed by atoms with Crippen molar-refractivity contribution in [3.05, 3.63) is 32.8 Å². The van der Waals surface area contributed by atoms with Crippen LogP contribution in [0.2, 0.25) is 0 Å². The molecule has 0 aromatic heterocycles. The van der Waals surface area contributed by atoms with Crippen LogP contribution in [0.5, 0.6) is 0 Å². The van der Waals surface area contributed by atoms with Crippen molar-refractivity contribution in [1.82, 2.24) is 0 Å². The summed E-state index contributed by atoms with van der Waals surface area (Å²) in [7, 11) is 0. The van der Waals surface area contributed by atoms with Crippen LogP contribution in [0.4, 0.5) is 11.4 Å². The Morgan fingerprint density at radius 1 is 1.59 bits per heavy atom. The van der Waals surface area contributed by atoms with E-state index in [1.165, 1.54) is 6.07 Å². The maximum atomic E-state index is 10.6. The van der Waals surface area contributed by atoms with Crippen LogP contribution in [0, 0.1) is 16.0 Å². The van der Waals surface area contributed by atoms with Crippen molar-refractivity contribution in [2.24, 2.45) is 11.7 Å². The maximum absolute atomic E-state index is 10.6. The smallest absolute Gasteiger partial charge is 0.270 e. The molecule has 1 aromatic carbocycles. The van der Waals surface area contributed by atoms with E-state index in [0.717, 1.165) is 29.7 Å². The van der Waals surface area contributed by atoms with E-state index in [0.29, 0.717) is 12.5 Å². The number of nitro benzene ring substituents is 1. The van der Waals surface area contributed by atoms with Gasteiger partial charge in [0.15, 0.2) is 0 Å². The van der Waals surface area contributed by atoms with Gasteiger partial charge in [-0.25, -0.2) is 0 Å². The minimum absolute atomic E-state index is 0.107. The minimum Gasteiger partial charge on any atom is -0.370 e. The van der Waals surface area contributed by atoms with E-state index in [-0.39, 0.29) is 10.6 Å². The fourth-order valence-corrected chi connectivity index (χ4v) is 2.73. The molecule has 6 heteroatoms. The number of nitrogens with two attached hydrogens (primary N) is 1. The monoisotopic (exact) mass is 299 g/mol. The molecular weight excluding hydrogens is 286 g/mol. The van der Waals surface area contributed by atoms with Crippen LogP contribution in [0.25, 0.3) is 0 Å². The van der Waals surface area contributed by atoms with Crippen LogP contribution in [-0.2, 0) is 0 Å². The van der Waals surface area contributed by atoms with Gasteiger partial charge in [0.25, 0.3) is 5.69 Å². The highest BCUT2D eigenvalue weighted by Gasteiger charge is 2.23. The van der Waals surface area contributed by atoms with Crippen molar-refractivity contribution in [2.75, 3.05) is 24.5 Å². The van der Waals surface area contributed by atoms with Gasteiger partial charge in [0.05, 0.1) is 10.6 Å². The van der Waals surface area contributed by atoms with E-state index in [4.69, 9.17) is 5.73 Å². The summed E-state index contributed by atoms with van der Waals surface area (Å²) in [4.78, 5) is 12.5. The third-order valence-corrected chi connectivity index (χ3v) is 3.74. The minimum atomic E-state index is -0.388. The first-order valence-electron chi connectivity index (χ1n) is 5.50. The predicted octanol–water partition coefficient (Wildman–Crippen LogP) is 2.14. The topological polar surface area (TPSA) is 72.4 Å². The first-order valence-corrected chi connectivity index (χ1v) is 6.30. The molecule has 0 bridgehead atoms. The number of nitrogens with zero attached hydrogens (tertiary/aromatic N) is 2. The summed E-state index contributed by atoms with van der Waals surface area (Å²) in [5, 5.41) is 10.6. The number of anilines is 1. The van der Waals surface area contributed by atoms with Crippen LogP contribution in [-0.4, -0.2) is 24.6 Å². The van der Waals surface area contributed by atoms with Gasteiger partial charge in [0.1, 0.15) is 0 Å². The summed E-state index contributed by atoms with van der Waals surface area (Å²) in [5.74, 6) is 0.525. The molecule has 0 saturated carbocycles. The average molecular weight is 300 g/mol. The quantitative estimate of drug-likeness (QED) is 0.685. The number of benzene rings is 1. The lowest BCUT2D eigenvalue weighted by molar-refractivity contribution is -0.384. The highest BCUT2D eigenvalue weighted by molar-refractivity contribution is 9.10. The Bertz CT molecular complexity index is 439. The molecule has 0 aliphatic carbocycles. The lowest BCUT2D eigenvalue weighted by Crippen LogP contribution is -2.22. The van der Waals surface area contributed by atoms with Gasteiger partial charge in [-0.3, -0.25) is 10.1 Å². The molecule has 92 valence electrons. The molecule has 1 aliphatic heterocycles. The van der Waals surface area contributed by atoms with Gasteiger partial charge in [-0.1, -0.05) is 0 Å². The van der Waals surface area contributed by atoms with Crippen molar-refractivity contribution >= 4 is 27.3 Å². The van der Waals surface area contributed by atoms with Gasteiger partial charge in [0.2, 0.25) is 0 Å². The third-order valence-electron chi connectivity index (χ3n) is 3.10. The van der Waals surface area contributed by atoms with E-state index >= 15 is 0 Å². The Kier molecular flexibility index (Phi) is 3.63. The lowest BCUT2D eigenvalue weighted by Gasteiger charge is -2.19. The van der Waals surface area contributed by atoms with Crippen LogP contribution < -0.4 is 10.6 Å². The molecule has 0 spiro atoms. The van der Waals surface area contributed by atoms with E-state index < -0.39 is 0 Å². The molecule has 2 rings (SSSR count). The lowest BCUT2D eigenvalue weighted by atomic mass is 10.1. The molecule has 17 heavy (non-hydrogen) atoms. The maximum Gasteiger partial charge on any atom is 0.270 e.